The highest BCUT2D eigenvalue weighted by atomic mass is 35.5. The zero-order valence-electron chi connectivity index (χ0n) is 5.43. The van der Waals surface area contributed by atoms with Gasteiger partial charge >= 0.3 is 0 Å². The Morgan fingerprint density at radius 1 is 1.56 bits per heavy atom. The topological polar surface area (TPSA) is 30.7 Å². The minimum atomic E-state index is 0.428. The predicted octanol–water partition coefficient (Wildman–Crippen LogP) is 0.862. The first-order valence-corrected chi connectivity index (χ1v) is 3.20. The van der Waals surface area contributed by atoms with Crippen LogP contribution in [0.15, 0.2) is 0 Å². The van der Waals surface area contributed by atoms with Crippen LogP contribution in [-0.4, -0.2) is 14.8 Å². The molecule has 1 aromatic heterocycles. The van der Waals surface area contributed by atoms with Gasteiger partial charge in [-0.1, -0.05) is 0 Å². The first-order chi connectivity index (χ1) is 4.25. The molecule has 1 aromatic rings. The van der Waals surface area contributed by atoms with Gasteiger partial charge in [-0.25, -0.2) is 0 Å². The van der Waals surface area contributed by atoms with Crippen LogP contribution in [0.4, 0.5) is 0 Å². The van der Waals surface area contributed by atoms with Gasteiger partial charge in [0.15, 0.2) is 0 Å². The lowest BCUT2D eigenvalue weighted by Gasteiger charge is -1.93. The lowest BCUT2D eigenvalue weighted by molar-refractivity contribution is 0.815. The third kappa shape index (κ3) is 1.05. The molecule has 0 saturated carbocycles. The summed E-state index contributed by atoms with van der Waals surface area (Å²) in [7, 11) is 1.90. The maximum Gasteiger partial charge on any atom is 0.147 e. The van der Waals surface area contributed by atoms with Crippen LogP contribution in [0.3, 0.4) is 0 Å². The molecule has 0 amide bonds. The summed E-state index contributed by atoms with van der Waals surface area (Å²) >= 11 is 5.52. The van der Waals surface area contributed by atoms with Crippen LogP contribution >= 0.6 is 11.6 Å². The number of hydrogen-bond acceptors (Lipinski definition) is 2. The van der Waals surface area contributed by atoms with E-state index in [-0.39, 0.29) is 0 Å². The van der Waals surface area contributed by atoms with Crippen LogP contribution in [-0.2, 0) is 12.9 Å². The minimum Gasteiger partial charge on any atom is -0.317 e. The van der Waals surface area contributed by atoms with Crippen molar-refractivity contribution in [3.63, 3.8) is 0 Å². The van der Waals surface area contributed by atoms with Crippen molar-refractivity contribution >= 4 is 11.6 Å². The SMILES string of the molecule is Cc1nnc(CCl)n1C. The highest BCUT2D eigenvalue weighted by Crippen LogP contribution is 1.99. The zero-order chi connectivity index (χ0) is 6.85. The van der Waals surface area contributed by atoms with Gasteiger partial charge in [0.05, 0.1) is 5.88 Å². The fourth-order valence-electron chi connectivity index (χ4n) is 0.567. The molecule has 0 fully saturated rings. The molecule has 0 saturated heterocycles. The van der Waals surface area contributed by atoms with Crippen molar-refractivity contribution in [1.29, 1.82) is 0 Å². The quantitative estimate of drug-likeness (QED) is 0.549. The Hall–Kier alpha value is -0.570. The van der Waals surface area contributed by atoms with Gasteiger partial charge in [0.1, 0.15) is 11.6 Å². The van der Waals surface area contributed by atoms with Crippen LogP contribution in [0.25, 0.3) is 0 Å². The number of aryl methyl sites for hydroxylation is 1. The van der Waals surface area contributed by atoms with Crippen LogP contribution in [0.2, 0.25) is 0 Å². The molecule has 0 spiro atoms. The molecule has 4 heteroatoms. The monoisotopic (exact) mass is 145 g/mol. The van der Waals surface area contributed by atoms with Crippen LogP contribution in [0, 0.1) is 6.92 Å². The zero-order valence-corrected chi connectivity index (χ0v) is 6.18. The minimum absolute atomic E-state index is 0.428. The van der Waals surface area contributed by atoms with Crippen LogP contribution in [0.1, 0.15) is 11.6 Å². The maximum absolute atomic E-state index is 5.52. The van der Waals surface area contributed by atoms with Gasteiger partial charge in [-0.05, 0) is 6.92 Å². The molecule has 0 bridgehead atoms. The van der Waals surface area contributed by atoms with Crippen molar-refractivity contribution in [2.24, 2.45) is 7.05 Å². The second-order valence-corrected chi connectivity index (χ2v) is 2.12. The molecular weight excluding hydrogens is 138 g/mol. The number of hydrogen-bond donors (Lipinski definition) is 0. The molecule has 1 heterocycles. The molecule has 0 aliphatic rings. The van der Waals surface area contributed by atoms with E-state index in [0.717, 1.165) is 11.6 Å². The molecule has 0 atom stereocenters. The Bertz CT molecular complexity index is 206. The van der Waals surface area contributed by atoms with Crippen molar-refractivity contribution in [3.05, 3.63) is 11.6 Å². The largest absolute Gasteiger partial charge is 0.317 e. The molecule has 0 aliphatic heterocycles. The normalized spacial score (nSPS) is 10.1. The van der Waals surface area contributed by atoms with Crippen molar-refractivity contribution in [3.8, 4) is 0 Å². The summed E-state index contributed by atoms with van der Waals surface area (Å²) in [5.41, 5.74) is 0. The van der Waals surface area contributed by atoms with Gasteiger partial charge in [0, 0.05) is 7.05 Å². The fourth-order valence-corrected chi connectivity index (χ4v) is 0.800. The van der Waals surface area contributed by atoms with Gasteiger partial charge in [-0.3, -0.25) is 0 Å². The van der Waals surface area contributed by atoms with Crippen LogP contribution < -0.4 is 0 Å². The van der Waals surface area contributed by atoms with E-state index in [0.29, 0.717) is 5.88 Å². The van der Waals surface area contributed by atoms with Crippen molar-refractivity contribution in [2.75, 3.05) is 0 Å². The highest BCUT2D eigenvalue weighted by molar-refractivity contribution is 6.16. The molecule has 0 N–H and O–H groups in total. The molecule has 9 heavy (non-hydrogen) atoms. The highest BCUT2D eigenvalue weighted by Gasteiger charge is 2.00. The van der Waals surface area contributed by atoms with E-state index < -0.39 is 0 Å². The third-order valence-corrected chi connectivity index (χ3v) is 1.54. The summed E-state index contributed by atoms with van der Waals surface area (Å²) < 4.78 is 1.87. The Labute approximate surface area is 58.7 Å². The molecule has 3 nitrogen and oxygen atoms in total. The predicted molar refractivity (Wildman–Crippen MR) is 35.3 cm³/mol. The van der Waals surface area contributed by atoms with E-state index in [9.17, 15) is 0 Å². The molecule has 0 aliphatic carbocycles. The molecular formula is C5H8ClN3. The van der Waals surface area contributed by atoms with Gasteiger partial charge in [-0.2, -0.15) is 0 Å². The lowest BCUT2D eigenvalue weighted by atomic mass is 10.6. The summed E-state index contributed by atoms with van der Waals surface area (Å²) in [6, 6.07) is 0. The lowest BCUT2D eigenvalue weighted by Crippen LogP contribution is -1.95. The van der Waals surface area contributed by atoms with Gasteiger partial charge in [0.2, 0.25) is 0 Å². The standard InChI is InChI=1S/C5H8ClN3/c1-4-7-8-5(3-6)9(4)2/h3H2,1-2H3. The van der Waals surface area contributed by atoms with Gasteiger partial charge in [-0.15, -0.1) is 21.8 Å². The maximum atomic E-state index is 5.52. The van der Waals surface area contributed by atoms with E-state index in [2.05, 4.69) is 10.2 Å². The third-order valence-electron chi connectivity index (χ3n) is 1.30. The average Bonchev–Trinajstić information content (AvgIpc) is 2.15. The summed E-state index contributed by atoms with van der Waals surface area (Å²) in [5.74, 6) is 2.14. The Morgan fingerprint density at radius 2 is 2.22 bits per heavy atom. The van der Waals surface area contributed by atoms with Crippen LogP contribution in [0.5, 0.6) is 0 Å². The van der Waals surface area contributed by atoms with Crippen molar-refractivity contribution in [2.45, 2.75) is 12.8 Å². The summed E-state index contributed by atoms with van der Waals surface area (Å²) in [6.45, 7) is 1.89. The summed E-state index contributed by atoms with van der Waals surface area (Å²) in [4.78, 5) is 0. The van der Waals surface area contributed by atoms with Gasteiger partial charge < -0.3 is 4.57 Å². The fraction of sp³-hybridized carbons (Fsp3) is 0.600. The number of rotatable bonds is 1. The first-order valence-electron chi connectivity index (χ1n) is 2.66. The Morgan fingerprint density at radius 3 is 2.44 bits per heavy atom. The van der Waals surface area contributed by atoms with Crippen molar-refractivity contribution < 1.29 is 0 Å². The molecule has 50 valence electrons. The summed E-state index contributed by atoms with van der Waals surface area (Å²) in [5, 5.41) is 7.63. The molecule has 0 aromatic carbocycles. The number of nitrogens with zero attached hydrogens (tertiary/aromatic N) is 3. The smallest absolute Gasteiger partial charge is 0.147 e. The summed E-state index contributed by atoms with van der Waals surface area (Å²) in [6.07, 6.45) is 0. The molecule has 0 radical (unpaired) electrons. The van der Waals surface area contributed by atoms with Gasteiger partial charge in [0.25, 0.3) is 0 Å². The van der Waals surface area contributed by atoms with E-state index in [1.807, 2.05) is 18.5 Å². The number of aromatic nitrogens is 3. The Balaban J connectivity index is 3.04. The molecule has 1 rings (SSSR count). The Kier molecular flexibility index (Phi) is 1.71. The van der Waals surface area contributed by atoms with E-state index in [1.165, 1.54) is 0 Å². The second-order valence-electron chi connectivity index (χ2n) is 1.86. The first kappa shape index (κ1) is 6.55. The van der Waals surface area contributed by atoms with E-state index in [4.69, 9.17) is 11.6 Å². The van der Waals surface area contributed by atoms with E-state index >= 15 is 0 Å². The van der Waals surface area contributed by atoms with E-state index in [1.54, 1.807) is 0 Å². The second kappa shape index (κ2) is 2.35. The number of halogens is 1. The molecule has 0 unspecified atom stereocenters. The van der Waals surface area contributed by atoms with Crippen molar-refractivity contribution in [1.82, 2.24) is 14.8 Å². The average molecular weight is 146 g/mol. The number of alkyl halides is 1.